The molecule has 1 N–H and O–H groups in total. The van der Waals surface area contributed by atoms with Gasteiger partial charge in [0.15, 0.2) is 0 Å². The van der Waals surface area contributed by atoms with E-state index >= 15 is 0 Å². The number of hydrogen-bond acceptors (Lipinski definition) is 1. The fourth-order valence-electron chi connectivity index (χ4n) is 2.85. The zero-order valence-electron chi connectivity index (χ0n) is 13.1. The highest BCUT2D eigenvalue weighted by atomic mass is 16.3. The molecule has 2 aromatic rings. The number of benzene rings is 2. The van der Waals surface area contributed by atoms with Crippen LogP contribution in [0.15, 0.2) is 36.4 Å². The summed E-state index contributed by atoms with van der Waals surface area (Å²) in [6.45, 7) is 10.3. The molecule has 1 unspecified atom stereocenters. The van der Waals surface area contributed by atoms with Crippen LogP contribution in [0.4, 0.5) is 0 Å². The van der Waals surface area contributed by atoms with Crippen molar-refractivity contribution < 1.29 is 5.11 Å². The zero-order valence-corrected chi connectivity index (χ0v) is 13.1. The minimum absolute atomic E-state index is 0.647. The summed E-state index contributed by atoms with van der Waals surface area (Å²) in [5.74, 6) is 0. The molecular formula is C19H24O. The Labute approximate surface area is 122 Å². The molecule has 0 heterocycles. The van der Waals surface area contributed by atoms with Gasteiger partial charge >= 0.3 is 0 Å². The van der Waals surface area contributed by atoms with Crippen LogP contribution in [0.2, 0.25) is 0 Å². The molecule has 20 heavy (non-hydrogen) atoms. The lowest BCUT2D eigenvalue weighted by atomic mass is 9.85. The summed E-state index contributed by atoms with van der Waals surface area (Å²) in [5.41, 5.74) is 6.40. The van der Waals surface area contributed by atoms with E-state index < -0.39 is 5.60 Å². The van der Waals surface area contributed by atoms with Gasteiger partial charge in [-0.2, -0.15) is 0 Å². The second-order valence-electron chi connectivity index (χ2n) is 6.19. The normalized spacial score (nSPS) is 14.1. The van der Waals surface area contributed by atoms with Gasteiger partial charge in [0.1, 0.15) is 0 Å². The predicted octanol–water partition coefficient (Wildman–Crippen LogP) is 4.37. The van der Waals surface area contributed by atoms with E-state index in [0.29, 0.717) is 6.42 Å². The van der Waals surface area contributed by atoms with Crippen LogP contribution >= 0.6 is 0 Å². The summed E-state index contributed by atoms with van der Waals surface area (Å²) in [6, 6.07) is 12.5. The largest absolute Gasteiger partial charge is 0.385 e. The van der Waals surface area contributed by atoms with Gasteiger partial charge in [-0.3, -0.25) is 0 Å². The molecule has 106 valence electrons. The average Bonchev–Trinajstić information content (AvgIpc) is 2.34. The van der Waals surface area contributed by atoms with E-state index in [9.17, 15) is 5.11 Å². The maximum Gasteiger partial charge on any atom is 0.0908 e. The average molecular weight is 268 g/mol. The molecule has 0 amide bonds. The molecule has 1 nitrogen and oxygen atoms in total. The molecule has 0 saturated heterocycles. The van der Waals surface area contributed by atoms with Gasteiger partial charge in [-0.25, -0.2) is 0 Å². The molecule has 0 bridgehead atoms. The molecule has 0 radical (unpaired) electrons. The first kappa shape index (κ1) is 14.8. The van der Waals surface area contributed by atoms with Crippen LogP contribution in [-0.4, -0.2) is 5.11 Å². The molecule has 2 rings (SSSR count). The molecule has 0 aromatic heterocycles. The SMILES string of the molecule is Cc1ccc(C(C)(O)Cc2c(C)cc(C)cc2C)cc1. The first-order valence-corrected chi connectivity index (χ1v) is 7.16. The van der Waals surface area contributed by atoms with Crippen molar-refractivity contribution in [3.05, 3.63) is 69.8 Å². The van der Waals surface area contributed by atoms with Gasteiger partial charge in [0.05, 0.1) is 5.60 Å². The Bertz CT molecular complexity index is 583. The van der Waals surface area contributed by atoms with Crippen molar-refractivity contribution in [2.45, 2.75) is 46.6 Å². The molecule has 1 heteroatoms. The van der Waals surface area contributed by atoms with Gasteiger partial charge in [0.2, 0.25) is 0 Å². The fraction of sp³-hybridized carbons (Fsp3) is 0.368. The number of aryl methyl sites for hydroxylation is 4. The molecule has 0 fully saturated rings. The van der Waals surface area contributed by atoms with Crippen molar-refractivity contribution in [3.8, 4) is 0 Å². The standard InChI is InChI=1S/C19H24O/c1-13-6-8-17(9-7-13)19(5,20)12-18-15(3)10-14(2)11-16(18)4/h6-11,20H,12H2,1-5H3. The number of hydrogen-bond donors (Lipinski definition) is 1. The van der Waals surface area contributed by atoms with E-state index in [1.807, 2.05) is 19.1 Å². The van der Waals surface area contributed by atoms with E-state index in [2.05, 4.69) is 52.0 Å². The lowest BCUT2D eigenvalue weighted by Crippen LogP contribution is -2.25. The van der Waals surface area contributed by atoms with Crippen LogP contribution in [0, 0.1) is 27.7 Å². The van der Waals surface area contributed by atoms with Crippen LogP contribution in [-0.2, 0) is 12.0 Å². The summed E-state index contributed by atoms with van der Waals surface area (Å²) in [4.78, 5) is 0. The second kappa shape index (κ2) is 5.41. The molecule has 0 aliphatic heterocycles. The van der Waals surface area contributed by atoms with Crippen LogP contribution in [0.3, 0.4) is 0 Å². The Hall–Kier alpha value is -1.60. The summed E-state index contributed by atoms with van der Waals surface area (Å²) < 4.78 is 0. The first-order valence-electron chi connectivity index (χ1n) is 7.16. The highest BCUT2D eigenvalue weighted by molar-refractivity contribution is 5.39. The summed E-state index contributed by atoms with van der Waals surface area (Å²) in [5, 5.41) is 10.8. The van der Waals surface area contributed by atoms with Crippen molar-refractivity contribution in [3.63, 3.8) is 0 Å². The maximum atomic E-state index is 10.8. The van der Waals surface area contributed by atoms with Crippen molar-refractivity contribution in [2.75, 3.05) is 0 Å². The molecule has 0 saturated carbocycles. The Kier molecular flexibility index (Phi) is 4.01. The molecule has 0 spiro atoms. The van der Waals surface area contributed by atoms with Crippen LogP contribution in [0.1, 0.15) is 40.3 Å². The number of aliphatic hydroxyl groups is 1. The van der Waals surface area contributed by atoms with Gasteiger partial charge < -0.3 is 5.11 Å². The second-order valence-corrected chi connectivity index (χ2v) is 6.19. The topological polar surface area (TPSA) is 20.2 Å². The molecule has 0 aliphatic carbocycles. The molecule has 0 aliphatic rings. The van der Waals surface area contributed by atoms with Crippen LogP contribution in [0.25, 0.3) is 0 Å². The smallest absolute Gasteiger partial charge is 0.0908 e. The quantitative estimate of drug-likeness (QED) is 0.876. The van der Waals surface area contributed by atoms with Crippen LogP contribution < -0.4 is 0 Å². The zero-order chi connectivity index (χ0) is 14.9. The Morgan fingerprint density at radius 1 is 0.850 bits per heavy atom. The van der Waals surface area contributed by atoms with Gasteiger partial charge in [-0.05, 0) is 56.9 Å². The van der Waals surface area contributed by atoms with E-state index in [1.165, 1.54) is 27.8 Å². The monoisotopic (exact) mass is 268 g/mol. The van der Waals surface area contributed by atoms with Gasteiger partial charge in [-0.1, -0.05) is 47.5 Å². The summed E-state index contributed by atoms with van der Waals surface area (Å²) in [7, 11) is 0. The van der Waals surface area contributed by atoms with E-state index in [1.54, 1.807) is 0 Å². The van der Waals surface area contributed by atoms with Crippen molar-refractivity contribution >= 4 is 0 Å². The summed E-state index contributed by atoms with van der Waals surface area (Å²) in [6.07, 6.45) is 0.647. The Morgan fingerprint density at radius 3 is 1.85 bits per heavy atom. The minimum Gasteiger partial charge on any atom is -0.385 e. The van der Waals surface area contributed by atoms with Crippen LogP contribution in [0.5, 0.6) is 0 Å². The third-order valence-electron chi connectivity index (χ3n) is 4.03. The van der Waals surface area contributed by atoms with Crippen molar-refractivity contribution in [2.24, 2.45) is 0 Å². The van der Waals surface area contributed by atoms with E-state index in [-0.39, 0.29) is 0 Å². The fourth-order valence-corrected chi connectivity index (χ4v) is 2.85. The Morgan fingerprint density at radius 2 is 1.35 bits per heavy atom. The van der Waals surface area contributed by atoms with E-state index in [0.717, 1.165) is 5.56 Å². The number of rotatable bonds is 3. The van der Waals surface area contributed by atoms with Crippen molar-refractivity contribution in [1.29, 1.82) is 0 Å². The van der Waals surface area contributed by atoms with Gasteiger partial charge in [-0.15, -0.1) is 0 Å². The third kappa shape index (κ3) is 3.10. The van der Waals surface area contributed by atoms with Crippen molar-refractivity contribution in [1.82, 2.24) is 0 Å². The molecule has 2 aromatic carbocycles. The van der Waals surface area contributed by atoms with Gasteiger partial charge in [0, 0.05) is 6.42 Å². The lowest BCUT2D eigenvalue weighted by molar-refractivity contribution is 0.0573. The van der Waals surface area contributed by atoms with E-state index in [4.69, 9.17) is 0 Å². The minimum atomic E-state index is -0.835. The molecular weight excluding hydrogens is 244 g/mol. The summed E-state index contributed by atoms with van der Waals surface area (Å²) >= 11 is 0. The highest BCUT2D eigenvalue weighted by Gasteiger charge is 2.25. The third-order valence-corrected chi connectivity index (χ3v) is 4.03. The molecule has 1 atom stereocenters. The maximum absolute atomic E-state index is 10.8. The first-order chi connectivity index (χ1) is 9.29. The predicted molar refractivity (Wildman–Crippen MR) is 85.1 cm³/mol. The highest BCUT2D eigenvalue weighted by Crippen LogP contribution is 2.29. The Balaban J connectivity index is 2.35. The lowest BCUT2D eigenvalue weighted by Gasteiger charge is -2.26. The van der Waals surface area contributed by atoms with Gasteiger partial charge in [0.25, 0.3) is 0 Å².